The van der Waals surface area contributed by atoms with E-state index in [2.05, 4.69) is 21.2 Å². The van der Waals surface area contributed by atoms with Crippen LogP contribution in [0.3, 0.4) is 0 Å². The van der Waals surface area contributed by atoms with E-state index in [1.54, 1.807) is 7.05 Å². The third kappa shape index (κ3) is 2.33. The molecular formula is C10H13BrN2O. The first-order chi connectivity index (χ1) is 6.70. The molecule has 4 heteroatoms. The quantitative estimate of drug-likeness (QED) is 0.855. The van der Waals surface area contributed by atoms with Crippen LogP contribution in [0.5, 0.6) is 0 Å². The molecular weight excluding hydrogens is 244 g/mol. The Kier molecular flexibility index (Phi) is 4.10. The van der Waals surface area contributed by atoms with Crippen LogP contribution in [-0.4, -0.2) is 19.5 Å². The van der Waals surface area contributed by atoms with E-state index < -0.39 is 0 Å². The smallest absolute Gasteiger partial charge is 0.228 e. The number of benzene rings is 1. The van der Waals surface area contributed by atoms with Gasteiger partial charge < -0.3 is 11.1 Å². The van der Waals surface area contributed by atoms with E-state index in [9.17, 15) is 4.79 Å². The van der Waals surface area contributed by atoms with Crippen molar-refractivity contribution in [1.82, 2.24) is 5.32 Å². The second-order valence-electron chi connectivity index (χ2n) is 2.92. The fourth-order valence-electron chi connectivity index (χ4n) is 1.31. The molecule has 1 atom stereocenters. The van der Waals surface area contributed by atoms with Crippen molar-refractivity contribution in [1.29, 1.82) is 0 Å². The molecule has 3 N–H and O–H groups in total. The third-order valence-corrected chi connectivity index (χ3v) is 2.80. The van der Waals surface area contributed by atoms with Crippen molar-refractivity contribution < 1.29 is 4.79 Å². The number of likely N-dealkylation sites (N-methyl/N-ethyl adjacent to an activating group) is 1. The molecule has 0 heterocycles. The van der Waals surface area contributed by atoms with Crippen molar-refractivity contribution in [2.45, 2.75) is 5.92 Å². The predicted octanol–water partition coefficient (Wildman–Crippen LogP) is 1.24. The van der Waals surface area contributed by atoms with Gasteiger partial charge in [0.15, 0.2) is 0 Å². The first-order valence-corrected chi connectivity index (χ1v) is 5.16. The van der Waals surface area contributed by atoms with Crippen LogP contribution in [0.1, 0.15) is 11.5 Å². The van der Waals surface area contributed by atoms with Gasteiger partial charge in [0.2, 0.25) is 5.91 Å². The number of amides is 1. The Hall–Kier alpha value is -0.870. The van der Waals surface area contributed by atoms with Gasteiger partial charge in [-0.2, -0.15) is 0 Å². The Bertz CT molecular complexity index is 328. The van der Waals surface area contributed by atoms with Crippen LogP contribution in [0, 0.1) is 0 Å². The highest BCUT2D eigenvalue weighted by atomic mass is 79.9. The first kappa shape index (κ1) is 11.2. The van der Waals surface area contributed by atoms with Gasteiger partial charge in [-0.1, -0.05) is 34.1 Å². The highest BCUT2D eigenvalue weighted by molar-refractivity contribution is 9.10. The Morgan fingerprint density at radius 2 is 2.21 bits per heavy atom. The zero-order chi connectivity index (χ0) is 10.6. The van der Waals surface area contributed by atoms with E-state index in [0.29, 0.717) is 6.54 Å². The zero-order valence-corrected chi connectivity index (χ0v) is 9.54. The second kappa shape index (κ2) is 5.12. The largest absolute Gasteiger partial charge is 0.359 e. The standard InChI is InChI=1S/C10H13BrN2O/c1-13-10(14)8(6-12)7-4-2-3-5-9(7)11/h2-5,8H,6,12H2,1H3,(H,13,14). The van der Waals surface area contributed by atoms with Crippen molar-refractivity contribution >= 4 is 21.8 Å². The molecule has 1 rings (SSSR count). The van der Waals surface area contributed by atoms with Crippen molar-refractivity contribution in [3.8, 4) is 0 Å². The number of carbonyl (C=O) groups is 1. The fourth-order valence-corrected chi connectivity index (χ4v) is 1.87. The zero-order valence-electron chi connectivity index (χ0n) is 7.96. The lowest BCUT2D eigenvalue weighted by molar-refractivity contribution is -0.121. The summed E-state index contributed by atoms with van der Waals surface area (Å²) < 4.78 is 0.916. The van der Waals surface area contributed by atoms with Gasteiger partial charge in [0, 0.05) is 18.1 Å². The summed E-state index contributed by atoms with van der Waals surface area (Å²) in [6.45, 7) is 0.308. The Balaban J connectivity index is 3.01. The number of halogens is 1. The molecule has 0 spiro atoms. The highest BCUT2D eigenvalue weighted by Crippen LogP contribution is 2.24. The van der Waals surface area contributed by atoms with Gasteiger partial charge in [-0.05, 0) is 11.6 Å². The van der Waals surface area contributed by atoms with Crippen molar-refractivity contribution in [3.05, 3.63) is 34.3 Å². The van der Waals surface area contributed by atoms with E-state index >= 15 is 0 Å². The molecule has 0 saturated carbocycles. The van der Waals surface area contributed by atoms with Crippen LogP contribution in [0.15, 0.2) is 28.7 Å². The summed E-state index contributed by atoms with van der Waals surface area (Å²) >= 11 is 3.40. The minimum Gasteiger partial charge on any atom is -0.359 e. The summed E-state index contributed by atoms with van der Waals surface area (Å²) in [4.78, 5) is 11.5. The molecule has 0 aliphatic rings. The van der Waals surface area contributed by atoms with Crippen molar-refractivity contribution in [2.24, 2.45) is 5.73 Å². The Morgan fingerprint density at radius 1 is 1.57 bits per heavy atom. The molecule has 0 saturated heterocycles. The van der Waals surface area contributed by atoms with E-state index in [-0.39, 0.29) is 11.8 Å². The maximum absolute atomic E-state index is 11.5. The molecule has 0 aliphatic heterocycles. The fraction of sp³-hybridized carbons (Fsp3) is 0.300. The monoisotopic (exact) mass is 256 g/mol. The topological polar surface area (TPSA) is 55.1 Å². The van der Waals surface area contributed by atoms with Crippen LogP contribution in [0.2, 0.25) is 0 Å². The molecule has 1 aromatic rings. The molecule has 0 bridgehead atoms. The number of hydrogen-bond acceptors (Lipinski definition) is 2. The summed E-state index contributed by atoms with van der Waals surface area (Å²) in [5, 5.41) is 2.60. The summed E-state index contributed by atoms with van der Waals surface area (Å²) in [7, 11) is 1.61. The van der Waals surface area contributed by atoms with E-state index in [1.165, 1.54) is 0 Å². The average Bonchev–Trinajstić information content (AvgIpc) is 2.21. The summed E-state index contributed by atoms with van der Waals surface area (Å²) in [6, 6.07) is 7.61. The van der Waals surface area contributed by atoms with Crippen molar-refractivity contribution in [3.63, 3.8) is 0 Å². The number of carbonyl (C=O) groups excluding carboxylic acids is 1. The SMILES string of the molecule is CNC(=O)C(CN)c1ccccc1Br. The van der Waals surface area contributed by atoms with Gasteiger partial charge in [0.1, 0.15) is 0 Å². The molecule has 0 radical (unpaired) electrons. The highest BCUT2D eigenvalue weighted by Gasteiger charge is 2.19. The van der Waals surface area contributed by atoms with Gasteiger partial charge in [-0.15, -0.1) is 0 Å². The normalized spacial score (nSPS) is 12.2. The van der Waals surface area contributed by atoms with Crippen LogP contribution in [0.25, 0.3) is 0 Å². The van der Waals surface area contributed by atoms with Crippen molar-refractivity contribution in [2.75, 3.05) is 13.6 Å². The molecule has 14 heavy (non-hydrogen) atoms. The van der Waals surface area contributed by atoms with E-state index in [1.807, 2.05) is 24.3 Å². The van der Waals surface area contributed by atoms with Crippen LogP contribution in [-0.2, 0) is 4.79 Å². The maximum atomic E-state index is 11.5. The minimum atomic E-state index is -0.282. The molecule has 1 unspecified atom stereocenters. The summed E-state index contributed by atoms with van der Waals surface area (Å²) in [5.74, 6) is -0.338. The lowest BCUT2D eigenvalue weighted by atomic mass is 9.98. The molecule has 3 nitrogen and oxygen atoms in total. The van der Waals surface area contributed by atoms with E-state index in [0.717, 1.165) is 10.0 Å². The van der Waals surface area contributed by atoms with Gasteiger partial charge in [0.25, 0.3) is 0 Å². The molecule has 1 aromatic carbocycles. The summed E-state index contributed by atoms with van der Waals surface area (Å²) in [5.41, 5.74) is 6.49. The van der Waals surface area contributed by atoms with Crippen LogP contribution >= 0.6 is 15.9 Å². The van der Waals surface area contributed by atoms with Gasteiger partial charge in [-0.3, -0.25) is 4.79 Å². The Morgan fingerprint density at radius 3 is 2.71 bits per heavy atom. The van der Waals surface area contributed by atoms with Crippen LogP contribution < -0.4 is 11.1 Å². The van der Waals surface area contributed by atoms with Gasteiger partial charge in [-0.25, -0.2) is 0 Å². The third-order valence-electron chi connectivity index (χ3n) is 2.08. The number of nitrogens with one attached hydrogen (secondary N) is 1. The summed E-state index contributed by atoms with van der Waals surface area (Å²) in [6.07, 6.45) is 0. The minimum absolute atomic E-state index is 0.0561. The average molecular weight is 257 g/mol. The first-order valence-electron chi connectivity index (χ1n) is 4.36. The second-order valence-corrected chi connectivity index (χ2v) is 3.78. The molecule has 0 aromatic heterocycles. The predicted molar refractivity (Wildman–Crippen MR) is 60.0 cm³/mol. The van der Waals surface area contributed by atoms with Gasteiger partial charge >= 0.3 is 0 Å². The molecule has 0 fully saturated rings. The number of rotatable bonds is 3. The van der Waals surface area contributed by atoms with Crippen LogP contribution in [0.4, 0.5) is 0 Å². The lowest BCUT2D eigenvalue weighted by Crippen LogP contribution is -2.31. The lowest BCUT2D eigenvalue weighted by Gasteiger charge is -2.14. The van der Waals surface area contributed by atoms with E-state index in [4.69, 9.17) is 5.73 Å². The molecule has 76 valence electrons. The maximum Gasteiger partial charge on any atom is 0.228 e. The van der Waals surface area contributed by atoms with Gasteiger partial charge in [0.05, 0.1) is 5.92 Å². The number of nitrogens with two attached hydrogens (primary N) is 1. The molecule has 0 aliphatic carbocycles. The Labute approximate surface area is 91.8 Å². The number of hydrogen-bond donors (Lipinski definition) is 2. The molecule has 1 amide bonds.